The molecular formula is C12H11ClF5NO. The molecule has 0 saturated heterocycles. The number of hydrogen-bond donors (Lipinski definition) is 1. The lowest BCUT2D eigenvalue weighted by atomic mass is 9.96. The maximum atomic E-state index is 13.6. The second-order valence-corrected chi connectivity index (χ2v) is 4.86. The summed E-state index contributed by atoms with van der Waals surface area (Å²) in [5, 5.41) is 2.11. The van der Waals surface area contributed by atoms with Crippen molar-refractivity contribution in [3.63, 3.8) is 0 Å². The lowest BCUT2D eigenvalue weighted by Crippen LogP contribution is -2.47. The summed E-state index contributed by atoms with van der Waals surface area (Å²) in [5.74, 6) is -4.88. The summed E-state index contributed by atoms with van der Waals surface area (Å²) in [6, 6.07) is 0.325. The largest absolute Gasteiger partial charge is 0.493 e. The van der Waals surface area contributed by atoms with Crippen molar-refractivity contribution in [1.82, 2.24) is 5.32 Å². The molecule has 1 unspecified atom stereocenters. The van der Waals surface area contributed by atoms with Crippen molar-refractivity contribution >= 4 is 11.6 Å². The molecule has 112 valence electrons. The van der Waals surface area contributed by atoms with Gasteiger partial charge >= 0.3 is 12.1 Å². The van der Waals surface area contributed by atoms with Gasteiger partial charge in [0.05, 0.1) is 6.61 Å². The summed E-state index contributed by atoms with van der Waals surface area (Å²) >= 11 is 5.78. The van der Waals surface area contributed by atoms with Crippen LogP contribution in [0.15, 0.2) is 12.1 Å². The van der Waals surface area contributed by atoms with Gasteiger partial charge in [0.1, 0.15) is 11.8 Å². The molecule has 2 rings (SSSR count). The number of halogens is 6. The van der Waals surface area contributed by atoms with Gasteiger partial charge in [-0.15, -0.1) is 0 Å². The summed E-state index contributed by atoms with van der Waals surface area (Å²) in [6.07, 6.45) is -5.24. The molecular weight excluding hydrogens is 305 g/mol. The minimum absolute atomic E-state index is 0.0534. The monoisotopic (exact) mass is 315 g/mol. The Morgan fingerprint density at radius 1 is 1.25 bits per heavy atom. The van der Waals surface area contributed by atoms with Crippen molar-refractivity contribution in [2.45, 2.75) is 24.6 Å². The van der Waals surface area contributed by atoms with E-state index in [4.69, 9.17) is 16.3 Å². The van der Waals surface area contributed by atoms with Crippen LogP contribution < -0.4 is 10.1 Å². The Morgan fingerprint density at radius 3 is 2.45 bits per heavy atom. The molecule has 0 saturated carbocycles. The van der Waals surface area contributed by atoms with Crippen molar-refractivity contribution in [3.8, 4) is 5.75 Å². The van der Waals surface area contributed by atoms with E-state index < -0.39 is 18.1 Å². The number of alkyl halides is 5. The number of fused-ring (bicyclic) bond motifs is 1. The van der Waals surface area contributed by atoms with Crippen LogP contribution in [0.25, 0.3) is 0 Å². The number of ether oxygens (including phenoxy) is 1. The first-order valence-corrected chi connectivity index (χ1v) is 6.13. The zero-order chi connectivity index (χ0) is 15.1. The van der Waals surface area contributed by atoms with Gasteiger partial charge < -0.3 is 10.1 Å². The molecule has 1 aliphatic heterocycles. The Morgan fingerprint density at radius 2 is 1.90 bits per heavy atom. The van der Waals surface area contributed by atoms with E-state index in [2.05, 4.69) is 0 Å². The maximum Gasteiger partial charge on any atom is 0.455 e. The smallest absolute Gasteiger partial charge is 0.455 e. The molecule has 1 aromatic carbocycles. The number of nitrogens with one attached hydrogen (secondary N) is 1. The molecule has 1 N–H and O–H groups in total. The van der Waals surface area contributed by atoms with Crippen molar-refractivity contribution in [1.29, 1.82) is 0 Å². The first-order chi connectivity index (χ1) is 9.18. The van der Waals surface area contributed by atoms with Gasteiger partial charge in [-0.1, -0.05) is 11.6 Å². The van der Waals surface area contributed by atoms with E-state index >= 15 is 0 Å². The van der Waals surface area contributed by atoms with E-state index in [1.807, 2.05) is 5.32 Å². The van der Waals surface area contributed by atoms with Crippen LogP contribution in [0.2, 0.25) is 5.02 Å². The Bertz CT molecular complexity index is 517. The topological polar surface area (TPSA) is 21.3 Å². The zero-order valence-corrected chi connectivity index (χ0v) is 11.1. The maximum absolute atomic E-state index is 13.6. The summed E-state index contributed by atoms with van der Waals surface area (Å²) in [7, 11) is 1.03. The van der Waals surface area contributed by atoms with Crippen molar-refractivity contribution in [2.75, 3.05) is 13.7 Å². The van der Waals surface area contributed by atoms with Crippen molar-refractivity contribution in [2.24, 2.45) is 0 Å². The van der Waals surface area contributed by atoms with E-state index in [-0.39, 0.29) is 22.9 Å². The highest BCUT2D eigenvalue weighted by atomic mass is 35.5. The van der Waals surface area contributed by atoms with Gasteiger partial charge in [0.25, 0.3) is 0 Å². The van der Waals surface area contributed by atoms with Crippen LogP contribution in [0.1, 0.15) is 17.2 Å². The van der Waals surface area contributed by atoms with Gasteiger partial charge in [-0.3, -0.25) is 0 Å². The molecule has 20 heavy (non-hydrogen) atoms. The molecule has 1 aliphatic rings. The molecule has 8 heteroatoms. The number of hydrogen-bond acceptors (Lipinski definition) is 2. The van der Waals surface area contributed by atoms with Crippen LogP contribution in [0.4, 0.5) is 22.0 Å². The molecule has 1 heterocycles. The average molecular weight is 316 g/mol. The first kappa shape index (κ1) is 15.3. The van der Waals surface area contributed by atoms with Crippen LogP contribution in [0.3, 0.4) is 0 Å². The van der Waals surface area contributed by atoms with Crippen LogP contribution in [0.5, 0.6) is 5.75 Å². The Labute approximate surface area is 116 Å². The summed E-state index contributed by atoms with van der Waals surface area (Å²) in [5.41, 5.74) is 0.251. The third-order valence-corrected chi connectivity index (χ3v) is 3.34. The lowest BCUT2D eigenvalue weighted by molar-refractivity contribution is -0.294. The van der Waals surface area contributed by atoms with Gasteiger partial charge in [-0.05, 0) is 24.7 Å². The van der Waals surface area contributed by atoms with Crippen LogP contribution in [-0.2, 0) is 6.42 Å². The Kier molecular flexibility index (Phi) is 3.85. The quantitative estimate of drug-likeness (QED) is 0.858. The Hall–Kier alpha value is -1.08. The van der Waals surface area contributed by atoms with Crippen molar-refractivity contribution < 1.29 is 26.7 Å². The van der Waals surface area contributed by atoms with Gasteiger partial charge in [-0.2, -0.15) is 22.0 Å². The highest BCUT2D eigenvalue weighted by Crippen LogP contribution is 2.48. The minimum atomic E-state index is -5.67. The fraction of sp³-hybridized carbons (Fsp3) is 0.500. The molecule has 0 amide bonds. The van der Waals surface area contributed by atoms with E-state index in [1.165, 1.54) is 6.07 Å². The van der Waals surface area contributed by atoms with Crippen LogP contribution in [0, 0.1) is 0 Å². The van der Waals surface area contributed by atoms with Gasteiger partial charge in [0, 0.05) is 17.0 Å². The molecule has 1 aromatic rings. The van der Waals surface area contributed by atoms with Crippen LogP contribution >= 0.6 is 11.6 Å². The van der Waals surface area contributed by atoms with Gasteiger partial charge in [-0.25, -0.2) is 0 Å². The fourth-order valence-electron chi connectivity index (χ4n) is 2.21. The van der Waals surface area contributed by atoms with E-state index in [1.54, 1.807) is 0 Å². The molecule has 0 radical (unpaired) electrons. The summed E-state index contributed by atoms with van der Waals surface area (Å²) in [4.78, 5) is 0. The second kappa shape index (κ2) is 5.04. The highest BCUT2D eigenvalue weighted by Gasteiger charge is 2.63. The third kappa shape index (κ3) is 2.44. The molecule has 0 spiro atoms. The molecule has 0 aromatic heterocycles. The standard InChI is InChI=1S/C12H11ClF5NO/c1-19-10(11(14,15)12(16,17)18)8-5-7(13)4-6-2-3-20-9(6)8/h4-5,10,19H,2-3H2,1H3. The van der Waals surface area contributed by atoms with Gasteiger partial charge in [0.2, 0.25) is 0 Å². The fourth-order valence-corrected chi connectivity index (χ4v) is 2.46. The predicted octanol–water partition coefficient (Wildman–Crippen LogP) is 3.73. The molecule has 0 aliphatic carbocycles. The first-order valence-electron chi connectivity index (χ1n) is 5.75. The molecule has 2 nitrogen and oxygen atoms in total. The number of benzene rings is 1. The molecule has 1 atom stereocenters. The third-order valence-electron chi connectivity index (χ3n) is 3.12. The van der Waals surface area contributed by atoms with E-state index in [0.29, 0.717) is 12.0 Å². The summed E-state index contributed by atoms with van der Waals surface area (Å²) in [6.45, 7) is 0.233. The zero-order valence-electron chi connectivity index (χ0n) is 10.3. The van der Waals surface area contributed by atoms with E-state index in [9.17, 15) is 22.0 Å². The Balaban J connectivity index is 2.54. The SMILES string of the molecule is CNC(c1cc(Cl)cc2c1OCC2)C(F)(F)C(F)(F)F. The normalized spacial score (nSPS) is 16.8. The second-order valence-electron chi connectivity index (χ2n) is 4.42. The molecule has 0 fully saturated rings. The number of rotatable bonds is 3. The van der Waals surface area contributed by atoms with E-state index in [0.717, 1.165) is 13.1 Å². The predicted molar refractivity (Wildman–Crippen MR) is 63.5 cm³/mol. The highest BCUT2D eigenvalue weighted by molar-refractivity contribution is 6.30. The summed E-state index contributed by atoms with van der Waals surface area (Å²) < 4.78 is 70.0. The van der Waals surface area contributed by atoms with Crippen LogP contribution in [-0.4, -0.2) is 25.8 Å². The van der Waals surface area contributed by atoms with Crippen molar-refractivity contribution in [3.05, 3.63) is 28.3 Å². The lowest BCUT2D eigenvalue weighted by Gasteiger charge is -2.29. The molecule has 0 bridgehead atoms. The van der Waals surface area contributed by atoms with Gasteiger partial charge in [0.15, 0.2) is 0 Å². The average Bonchev–Trinajstić information content (AvgIpc) is 2.75. The minimum Gasteiger partial charge on any atom is -0.493 e.